The fraction of sp³-hybridized carbons (Fsp3) is 0.511. The van der Waals surface area contributed by atoms with Gasteiger partial charge in [-0.3, -0.25) is 19.1 Å². The Kier molecular flexibility index (Phi) is 11.3. The van der Waals surface area contributed by atoms with E-state index in [0.29, 0.717) is 62.3 Å². The number of alkyl carbamates (subject to hydrolysis) is 1. The number of carbonyl (C=O) groups is 4. The van der Waals surface area contributed by atoms with Crippen molar-refractivity contribution in [2.75, 3.05) is 6.54 Å². The number of amides is 4. The highest BCUT2D eigenvalue weighted by Gasteiger charge is 2.62. The highest BCUT2D eigenvalue weighted by atomic mass is 32.2. The van der Waals surface area contributed by atoms with Crippen LogP contribution >= 0.6 is 0 Å². The third-order valence-corrected chi connectivity index (χ3v) is 15.6. The van der Waals surface area contributed by atoms with Crippen LogP contribution < -0.4 is 24.8 Å². The van der Waals surface area contributed by atoms with Gasteiger partial charge in [0.2, 0.25) is 27.7 Å². The van der Waals surface area contributed by atoms with Gasteiger partial charge < -0.3 is 29.7 Å². The van der Waals surface area contributed by atoms with Crippen LogP contribution in [0.4, 0.5) is 4.79 Å². The molecule has 2 aliphatic heterocycles. The van der Waals surface area contributed by atoms with Gasteiger partial charge >= 0.3 is 6.09 Å². The van der Waals surface area contributed by atoms with Gasteiger partial charge in [0.05, 0.1) is 22.9 Å². The lowest BCUT2D eigenvalue weighted by Gasteiger charge is -2.32. The van der Waals surface area contributed by atoms with E-state index in [1.54, 1.807) is 0 Å². The van der Waals surface area contributed by atoms with Gasteiger partial charge in [-0.1, -0.05) is 73.5 Å². The molecule has 2 bridgehead atoms. The molecule has 1 aromatic heterocycles. The van der Waals surface area contributed by atoms with Crippen LogP contribution in [0.3, 0.4) is 0 Å². The molecule has 2 aromatic carbocycles. The van der Waals surface area contributed by atoms with E-state index in [1.165, 1.54) is 11.0 Å². The van der Waals surface area contributed by atoms with E-state index in [0.717, 1.165) is 42.2 Å². The third-order valence-electron chi connectivity index (χ3n) is 13.8. The molecule has 4 aliphatic carbocycles. The summed E-state index contributed by atoms with van der Waals surface area (Å²) in [4.78, 5) is 63.5. The number of carbonyl (C=O) groups excluding carboxylic acids is 4. The van der Waals surface area contributed by atoms with Crippen LogP contribution in [0.15, 0.2) is 79.4 Å². The molecule has 0 unspecified atom stereocenters. The highest BCUT2D eigenvalue weighted by molar-refractivity contribution is 7.91. The van der Waals surface area contributed by atoms with Crippen LogP contribution in [-0.4, -0.2) is 83.2 Å². The number of hydrogen-bond acceptors (Lipinski definition) is 10. The minimum atomic E-state index is -3.92. The number of benzene rings is 2. The number of aromatic nitrogens is 1. The zero-order valence-electron chi connectivity index (χ0n) is 35.1. The molecule has 7 atom stereocenters. The van der Waals surface area contributed by atoms with Gasteiger partial charge in [0, 0.05) is 23.6 Å². The Labute approximate surface area is 362 Å². The Bertz CT molecular complexity index is 2400. The number of sulfonamides is 1. The second-order valence-electron chi connectivity index (χ2n) is 18.2. The normalized spacial score (nSPS) is 30.6. The summed E-state index contributed by atoms with van der Waals surface area (Å²) in [6, 6.07) is 15.4. The first-order valence-electron chi connectivity index (χ1n) is 22.1. The van der Waals surface area contributed by atoms with Gasteiger partial charge in [-0.05, 0) is 88.3 Å². The molecule has 3 N–H and O–H groups in total. The second kappa shape index (κ2) is 16.7. The van der Waals surface area contributed by atoms with E-state index < -0.39 is 74.3 Å². The van der Waals surface area contributed by atoms with Crippen molar-refractivity contribution in [2.45, 2.75) is 125 Å². The first-order chi connectivity index (χ1) is 29.9. The average Bonchev–Trinajstić information content (AvgIpc) is 4.21. The summed E-state index contributed by atoms with van der Waals surface area (Å²) in [6.07, 6.45) is 11.3. The van der Waals surface area contributed by atoms with E-state index >= 15 is 4.79 Å². The molecule has 5 fully saturated rings. The minimum absolute atomic E-state index is 0.0270. The zero-order chi connectivity index (χ0) is 43.2. The molecule has 4 saturated carbocycles. The summed E-state index contributed by atoms with van der Waals surface area (Å²) in [6.45, 7) is 6.03. The molecule has 3 aromatic rings. The number of nitrogens with one attached hydrogen (secondary N) is 3. The largest absolute Gasteiger partial charge is 0.488 e. The van der Waals surface area contributed by atoms with Gasteiger partial charge in [0.25, 0.3) is 5.91 Å². The van der Waals surface area contributed by atoms with Crippen molar-refractivity contribution in [3.8, 4) is 11.6 Å². The van der Waals surface area contributed by atoms with Gasteiger partial charge in [-0.2, -0.15) is 0 Å². The van der Waals surface area contributed by atoms with E-state index in [9.17, 15) is 22.8 Å². The Morgan fingerprint density at radius 1 is 1.02 bits per heavy atom. The molecular formula is C47H55N5O9S. The molecule has 4 amide bonds. The summed E-state index contributed by atoms with van der Waals surface area (Å²) in [5.74, 6) is -1.54. The number of allylic oxidation sites excluding steroid dienone is 2. The van der Waals surface area contributed by atoms with E-state index in [-0.39, 0.29) is 31.2 Å². The van der Waals surface area contributed by atoms with Gasteiger partial charge in [-0.25, -0.2) is 18.2 Å². The first kappa shape index (κ1) is 41.9. The predicted octanol–water partition coefficient (Wildman–Crippen LogP) is 5.79. The fourth-order valence-corrected chi connectivity index (χ4v) is 11.1. The molecule has 62 heavy (non-hydrogen) atoms. The van der Waals surface area contributed by atoms with Gasteiger partial charge in [0.15, 0.2) is 0 Å². The Balaban J connectivity index is 1.08. The van der Waals surface area contributed by atoms with Gasteiger partial charge in [-0.15, -0.1) is 6.58 Å². The maximum absolute atomic E-state index is 15.0. The SMILES string of the molecule is C=C[C@@H]1C[C@]1(NC(=O)[C@@H]1C[C@@H]2CN1C(=O)[C@H](C1CCCC1)NC(=O)O[C@]1(C)C[C@H]1CC/C=C/Cc1c(nc3ccccc3c1OCc1ccccc1)O2)C(=O)NS(=O)(=O)C1CC1. The maximum atomic E-state index is 15.0. The lowest BCUT2D eigenvalue weighted by atomic mass is 9.96. The standard InChI is InChI=1S/C47H55N5O9S/c1-3-31-26-47(31,44(55)51-62(57,58)34-22-23-34)50-41(53)38-24-33-27-52(38)43(54)39(30-16-10-11-17-30)49-45(56)61-46(2)25-32(46)18-8-5-9-20-36-40(59-28-29-14-6-4-7-15-29)35-19-12-13-21-37(35)48-42(36)60-33/h3-7,9,12-15,19,21,30-34,38-39H,1,8,10-11,16-18,20,22-28H2,2H3,(H,49,56)(H,50,53)(H,51,55)/b9-5+/t31-,32-,33-,38+,39+,46-,47-/m1/s1. The second-order valence-corrected chi connectivity index (χ2v) is 20.2. The number of pyridine rings is 1. The van der Waals surface area contributed by atoms with Crippen LogP contribution in [0.2, 0.25) is 0 Å². The smallest absolute Gasteiger partial charge is 0.408 e. The first-order valence-corrected chi connectivity index (χ1v) is 23.6. The minimum Gasteiger partial charge on any atom is -0.488 e. The molecule has 328 valence electrons. The summed E-state index contributed by atoms with van der Waals surface area (Å²) in [7, 11) is -3.92. The number of nitrogens with zero attached hydrogens (tertiary/aromatic N) is 2. The van der Waals surface area contributed by atoms with Crippen molar-refractivity contribution < 1.29 is 41.8 Å². The van der Waals surface area contributed by atoms with E-state index in [1.807, 2.05) is 61.5 Å². The van der Waals surface area contributed by atoms with Crippen molar-refractivity contribution >= 4 is 44.7 Å². The molecule has 6 aliphatic rings. The molecule has 3 heterocycles. The number of hydrogen-bond donors (Lipinski definition) is 3. The summed E-state index contributed by atoms with van der Waals surface area (Å²) < 4.78 is 47.5. The molecule has 15 heteroatoms. The van der Waals surface area contributed by atoms with E-state index in [2.05, 4.69) is 34.1 Å². The topological polar surface area (TPSA) is 182 Å². The third kappa shape index (κ3) is 8.52. The van der Waals surface area contributed by atoms with Crippen molar-refractivity contribution in [1.82, 2.24) is 25.2 Å². The van der Waals surface area contributed by atoms with Crippen LogP contribution in [0.1, 0.15) is 88.7 Å². The zero-order valence-corrected chi connectivity index (χ0v) is 35.9. The maximum Gasteiger partial charge on any atom is 0.408 e. The lowest BCUT2D eigenvalue weighted by Crippen LogP contribution is -2.59. The van der Waals surface area contributed by atoms with Crippen molar-refractivity contribution in [3.63, 3.8) is 0 Å². The van der Waals surface area contributed by atoms with Crippen LogP contribution in [0, 0.1) is 17.8 Å². The molecule has 0 radical (unpaired) electrons. The van der Waals surface area contributed by atoms with Crippen molar-refractivity contribution in [1.29, 1.82) is 0 Å². The average molecular weight is 866 g/mol. The number of rotatable bonds is 10. The van der Waals surface area contributed by atoms with Gasteiger partial charge in [0.1, 0.15) is 41.7 Å². The molecule has 1 saturated heterocycles. The molecule has 9 rings (SSSR count). The van der Waals surface area contributed by atoms with Crippen molar-refractivity contribution in [3.05, 3.63) is 90.5 Å². The van der Waals surface area contributed by atoms with Crippen molar-refractivity contribution in [2.24, 2.45) is 17.8 Å². The Hall–Kier alpha value is -5.44. The highest BCUT2D eigenvalue weighted by Crippen LogP contribution is 2.50. The Morgan fingerprint density at radius 3 is 2.52 bits per heavy atom. The number of fused-ring (bicyclic) bond motifs is 5. The quantitative estimate of drug-likeness (QED) is 0.211. The monoisotopic (exact) mass is 865 g/mol. The molecule has 14 nitrogen and oxygen atoms in total. The predicted molar refractivity (Wildman–Crippen MR) is 230 cm³/mol. The molecular weight excluding hydrogens is 811 g/mol. The lowest BCUT2D eigenvalue weighted by molar-refractivity contribution is -0.142. The summed E-state index contributed by atoms with van der Waals surface area (Å²) in [5.41, 5.74) is 0.133. The summed E-state index contributed by atoms with van der Waals surface area (Å²) in [5, 5.41) is 5.98. The van der Waals surface area contributed by atoms with E-state index in [4.69, 9.17) is 19.2 Å². The Morgan fingerprint density at radius 2 is 1.77 bits per heavy atom. The van der Waals surface area contributed by atoms with Crippen LogP contribution in [0.5, 0.6) is 11.6 Å². The molecule has 0 spiro atoms. The number of ether oxygens (including phenoxy) is 3. The van der Waals surface area contributed by atoms with Crippen LogP contribution in [0.25, 0.3) is 10.9 Å². The van der Waals surface area contributed by atoms with Crippen LogP contribution in [-0.2, 0) is 42.2 Å². The number of para-hydroxylation sites is 1. The summed E-state index contributed by atoms with van der Waals surface area (Å²) >= 11 is 0. The fourth-order valence-electron chi connectivity index (χ4n) is 9.72.